The van der Waals surface area contributed by atoms with Gasteiger partial charge in [-0.15, -0.1) is 0 Å². The van der Waals surface area contributed by atoms with Crippen LogP contribution in [0.15, 0.2) is 24.3 Å². The molecule has 1 aromatic rings. The molecule has 0 saturated carbocycles. The summed E-state index contributed by atoms with van der Waals surface area (Å²) in [5, 5.41) is 0. The van der Waals surface area contributed by atoms with Crippen molar-refractivity contribution in [3.63, 3.8) is 0 Å². The predicted octanol–water partition coefficient (Wildman–Crippen LogP) is 2.78. The summed E-state index contributed by atoms with van der Waals surface area (Å²) >= 11 is 0. The van der Waals surface area contributed by atoms with Crippen LogP contribution < -0.4 is 4.90 Å². The molecule has 0 bridgehead atoms. The van der Waals surface area contributed by atoms with Gasteiger partial charge in [0.1, 0.15) is 6.10 Å². The number of likely N-dealkylation sites (N-methyl/N-ethyl adjacent to an activating group) is 1. The molecule has 1 aliphatic heterocycles. The molecule has 0 radical (unpaired) electrons. The fourth-order valence-corrected chi connectivity index (χ4v) is 2.46. The Morgan fingerprint density at radius 3 is 2.61 bits per heavy atom. The number of carbonyl (C=O) groups excluding carboxylic acids is 1. The second-order valence-corrected chi connectivity index (χ2v) is 5.84. The Bertz CT molecular complexity index is 540. The number of amides is 1. The van der Waals surface area contributed by atoms with E-state index >= 15 is 0 Å². The first kappa shape index (κ1) is 17.7. The molecule has 1 atom stereocenters. The number of benzene rings is 1. The van der Waals surface area contributed by atoms with Crippen LogP contribution in [0.3, 0.4) is 0 Å². The minimum absolute atomic E-state index is 0.252. The number of carbonyl (C=O) groups is 1. The molecule has 128 valence electrons. The monoisotopic (exact) mass is 330 g/mol. The Balaban J connectivity index is 2.27. The SMILES string of the molecule is CN(C)CCN(C(=O)C1CCCO1)c1cccc(C(F)(F)F)c1. The van der Waals surface area contributed by atoms with Crippen LogP contribution in [-0.2, 0) is 15.7 Å². The van der Waals surface area contributed by atoms with Crippen molar-refractivity contribution < 1.29 is 22.7 Å². The largest absolute Gasteiger partial charge is 0.416 e. The average Bonchev–Trinajstić information content (AvgIpc) is 3.00. The lowest BCUT2D eigenvalue weighted by Crippen LogP contribution is -2.42. The van der Waals surface area contributed by atoms with Gasteiger partial charge in [0.15, 0.2) is 0 Å². The van der Waals surface area contributed by atoms with Gasteiger partial charge in [-0.3, -0.25) is 4.79 Å². The highest BCUT2D eigenvalue weighted by molar-refractivity contribution is 5.96. The Morgan fingerprint density at radius 1 is 1.30 bits per heavy atom. The van der Waals surface area contributed by atoms with Crippen molar-refractivity contribution in [3.8, 4) is 0 Å². The van der Waals surface area contributed by atoms with E-state index in [0.717, 1.165) is 18.6 Å². The third-order valence-corrected chi connectivity index (χ3v) is 3.73. The summed E-state index contributed by atoms with van der Waals surface area (Å²) in [7, 11) is 3.70. The van der Waals surface area contributed by atoms with Crippen LogP contribution in [0.25, 0.3) is 0 Å². The highest BCUT2D eigenvalue weighted by Crippen LogP contribution is 2.32. The molecular formula is C16H21F3N2O2. The molecule has 0 aliphatic carbocycles. The van der Waals surface area contributed by atoms with Crippen LogP contribution in [-0.4, -0.2) is 50.7 Å². The lowest BCUT2D eigenvalue weighted by molar-refractivity contribution is -0.137. The van der Waals surface area contributed by atoms with Gasteiger partial charge in [-0.2, -0.15) is 13.2 Å². The molecule has 1 aromatic carbocycles. The molecule has 0 N–H and O–H groups in total. The summed E-state index contributed by atoms with van der Waals surface area (Å²) in [5.74, 6) is -0.274. The Labute approximate surface area is 133 Å². The molecule has 1 heterocycles. The molecule has 1 amide bonds. The molecule has 1 saturated heterocycles. The van der Waals surface area contributed by atoms with Crippen molar-refractivity contribution in [1.82, 2.24) is 4.90 Å². The van der Waals surface area contributed by atoms with Crippen molar-refractivity contribution >= 4 is 11.6 Å². The van der Waals surface area contributed by atoms with E-state index in [1.807, 2.05) is 19.0 Å². The topological polar surface area (TPSA) is 32.8 Å². The van der Waals surface area contributed by atoms with Crippen LogP contribution in [0.4, 0.5) is 18.9 Å². The summed E-state index contributed by atoms with van der Waals surface area (Å²) in [5.41, 5.74) is -0.507. The van der Waals surface area contributed by atoms with Crippen LogP contribution in [0.2, 0.25) is 0 Å². The standard InChI is InChI=1S/C16H21F3N2O2/c1-20(2)8-9-21(15(22)14-7-4-10-23-14)13-6-3-5-12(11-13)16(17,18)19/h3,5-6,11,14H,4,7-10H2,1-2H3. The number of alkyl halides is 3. The smallest absolute Gasteiger partial charge is 0.368 e. The third kappa shape index (κ3) is 4.68. The molecule has 2 rings (SSSR count). The van der Waals surface area contributed by atoms with Crippen molar-refractivity contribution in [2.24, 2.45) is 0 Å². The van der Waals surface area contributed by atoms with E-state index in [-0.39, 0.29) is 11.6 Å². The fraction of sp³-hybridized carbons (Fsp3) is 0.562. The van der Waals surface area contributed by atoms with Crippen LogP contribution in [0.1, 0.15) is 18.4 Å². The highest BCUT2D eigenvalue weighted by Gasteiger charge is 2.33. The van der Waals surface area contributed by atoms with E-state index in [1.54, 1.807) is 0 Å². The summed E-state index contributed by atoms with van der Waals surface area (Å²) in [4.78, 5) is 15.9. The molecule has 0 spiro atoms. The van der Waals surface area contributed by atoms with E-state index < -0.39 is 17.8 Å². The Hall–Kier alpha value is -1.60. The number of rotatable bonds is 5. The molecule has 1 unspecified atom stereocenters. The lowest BCUT2D eigenvalue weighted by atomic mass is 10.1. The van der Waals surface area contributed by atoms with Crippen molar-refractivity contribution in [1.29, 1.82) is 0 Å². The number of ether oxygens (including phenoxy) is 1. The molecule has 23 heavy (non-hydrogen) atoms. The van der Waals surface area contributed by atoms with Crippen LogP contribution in [0, 0.1) is 0 Å². The van der Waals surface area contributed by atoms with Gasteiger partial charge in [0.2, 0.25) is 0 Å². The lowest BCUT2D eigenvalue weighted by Gasteiger charge is -2.27. The van der Waals surface area contributed by atoms with E-state index in [1.165, 1.54) is 17.0 Å². The second-order valence-electron chi connectivity index (χ2n) is 5.84. The first-order valence-corrected chi connectivity index (χ1v) is 7.54. The maximum atomic E-state index is 12.9. The average molecular weight is 330 g/mol. The Morgan fingerprint density at radius 2 is 2.04 bits per heavy atom. The quantitative estimate of drug-likeness (QED) is 0.832. The van der Waals surface area contributed by atoms with Crippen molar-refractivity contribution in [2.45, 2.75) is 25.1 Å². The summed E-state index contributed by atoms with van der Waals surface area (Å²) in [6.45, 7) is 1.38. The first-order valence-electron chi connectivity index (χ1n) is 7.54. The van der Waals surface area contributed by atoms with Gasteiger partial charge in [0.05, 0.1) is 5.56 Å². The van der Waals surface area contributed by atoms with E-state index in [4.69, 9.17) is 4.74 Å². The van der Waals surface area contributed by atoms with Gasteiger partial charge < -0.3 is 14.5 Å². The minimum atomic E-state index is -4.43. The molecular weight excluding hydrogens is 309 g/mol. The van der Waals surface area contributed by atoms with Gasteiger partial charge >= 0.3 is 6.18 Å². The summed E-state index contributed by atoms with van der Waals surface area (Å²) in [6, 6.07) is 4.87. The predicted molar refractivity (Wildman–Crippen MR) is 81.3 cm³/mol. The van der Waals surface area contributed by atoms with Gasteiger partial charge in [0.25, 0.3) is 5.91 Å². The van der Waals surface area contributed by atoms with Gasteiger partial charge in [-0.1, -0.05) is 6.07 Å². The van der Waals surface area contributed by atoms with E-state index in [2.05, 4.69) is 0 Å². The zero-order chi connectivity index (χ0) is 17.0. The molecule has 1 fully saturated rings. The minimum Gasteiger partial charge on any atom is -0.368 e. The highest BCUT2D eigenvalue weighted by atomic mass is 19.4. The molecule has 7 heteroatoms. The molecule has 4 nitrogen and oxygen atoms in total. The summed E-state index contributed by atoms with van der Waals surface area (Å²) in [6.07, 6.45) is -3.60. The first-order chi connectivity index (χ1) is 10.8. The molecule has 1 aliphatic rings. The zero-order valence-electron chi connectivity index (χ0n) is 13.3. The molecule has 0 aromatic heterocycles. The van der Waals surface area contributed by atoms with E-state index in [9.17, 15) is 18.0 Å². The zero-order valence-corrected chi connectivity index (χ0v) is 13.3. The number of nitrogens with zero attached hydrogens (tertiary/aromatic N) is 2. The van der Waals surface area contributed by atoms with Gasteiger partial charge in [-0.05, 0) is 45.1 Å². The van der Waals surface area contributed by atoms with Crippen LogP contribution >= 0.6 is 0 Å². The maximum absolute atomic E-state index is 12.9. The van der Waals surface area contributed by atoms with Crippen molar-refractivity contribution in [2.75, 3.05) is 38.7 Å². The Kier molecular flexibility index (Phi) is 5.64. The van der Waals surface area contributed by atoms with Crippen LogP contribution in [0.5, 0.6) is 0 Å². The number of halogens is 3. The number of hydrogen-bond donors (Lipinski definition) is 0. The number of hydrogen-bond acceptors (Lipinski definition) is 3. The third-order valence-electron chi connectivity index (χ3n) is 3.73. The van der Waals surface area contributed by atoms with Crippen molar-refractivity contribution in [3.05, 3.63) is 29.8 Å². The maximum Gasteiger partial charge on any atom is 0.416 e. The van der Waals surface area contributed by atoms with Gasteiger partial charge in [-0.25, -0.2) is 0 Å². The normalized spacial score (nSPS) is 18.4. The van der Waals surface area contributed by atoms with E-state index in [0.29, 0.717) is 26.1 Å². The summed E-state index contributed by atoms with van der Waals surface area (Å²) < 4.78 is 44.1. The van der Waals surface area contributed by atoms with Gasteiger partial charge in [0, 0.05) is 25.4 Å². The fourth-order valence-electron chi connectivity index (χ4n) is 2.46. The number of anilines is 1. The second kappa shape index (κ2) is 7.31.